The molecule has 2 saturated heterocycles. The number of nitrogens with zero attached hydrogens (tertiary/aromatic N) is 1. The molecule has 1 aromatic rings. The van der Waals surface area contributed by atoms with Crippen LogP contribution in [-0.4, -0.2) is 35.2 Å². The van der Waals surface area contributed by atoms with Crippen molar-refractivity contribution in [1.29, 1.82) is 0 Å². The maximum atomic E-state index is 10.8. The predicted molar refractivity (Wildman–Crippen MR) is 73.5 cm³/mol. The van der Waals surface area contributed by atoms with Crippen LogP contribution in [0, 0.1) is 5.92 Å². The van der Waals surface area contributed by atoms with E-state index in [2.05, 4.69) is 35.2 Å². The smallest absolute Gasteiger partial charge is 0.0700 e. The molecule has 2 nitrogen and oxygen atoms in total. The van der Waals surface area contributed by atoms with Crippen molar-refractivity contribution in [3.05, 3.63) is 35.9 Å². The fourth-order valence-corrected chi connectivity index (χ4v) is 3.60. The Morgan fingerprint density at radius 2 is 2.06 bits per heavy atom. The molecule has 2 heterocycles. The lowest BCUT2D eigenvalue weighted by Crippen LogP contribution is -2.46. The summed E-state index contributed by atoms with van der Waals surface area (Å²) in [4.78, 5) is 2.50. The Morgan fingerprint density at radius 3 is 2.89 bits per heavy atom. The summed E-state index contributed by atoms with van der Waals surface area (Å²) in [7, 11) is 0. The molecular formula is C16H23NO. The molecule has 0 aromatic heterocycles. The monoisotopic (exact) mass is 245 g/mol. The molecule has 0 aliphatic carbocycles. The Bertz CT molecular complexity index is 391. The van der Waals surface area contributed by atoms with Gasteiger partial charge in [0.05, 0.1) is 5.60 Å². The van der Waals surface area contributed by atoms with E-state index in [9.17, 15) is 5.11 Å². The minimum absolute atomic E-state index is 0.373. The standard InChI is InChI=1S/C16H23NO/c18-16(10-12-17-11-8-15(16)13-17)9-4-7-14-5-2-1-3-6-14/h1-3,5-6,15,18H,4,7-13H2. The van der Waals surface area contributed by atoms with Crippen molar-refractivity contribution < 1.29 is 5.11 Å². The zero-order chi connectivity index (χ0) is 12.4. The summed E-state index contributed by atoms with van der Waals surface area (Å²) < 4.78 is 0. The molecule has 2 fully saturated rings. The molecular weight excluding hydrogens is 222 g/mol. The molecule has 3 unspecified atom stereocenters. The number of aryl methyl sites for hydroxylation is 1. The van der Waals surface area contributed by atoms with Gasteiger partial charge in [-0.25, -0.2) is 0 Å². The topological polar surface area (TPSA) is 23.5 Å². The van der Waals surface area contributed by atoms with Gasteiger partial charge in [0.1, 0.15) is 0 Å². The van der Waals surface area contributed by atoms with E-state index in [-0.39, 0.29) is 5.60 Å². The molecule has 3 rings (SSSR count). The summed E-state index contributed by atoms with van der Waals surface area (Å²) in [5.74, 6) is 0.530. The number of aliphatic hydroxyl groups is 1. The molecule has 1 aromatic carbocycles. The Hall–Kier alpha value is -0.860. The van der Waals surface area contributed by atoms with Crippen LogP contribution in [0.1, 0.15) is 31.2 Å². The zero-order valence-electron chi connectivity index (χ0n) is 11.0. The van der Waals surface area contributed by atoms with Gasteiger partial charge in [0.25, 0.3) is 0 Å². The highest BCUT2D eigenvalue weighted by Crippen LogP contribution is 2.38. The van der Waals surface area contributed by atoms with E-state index in [4.69, 9.17) is 0 Å². The molecule has 2 heteroatoms. The van der Waals surface area contributed by atoms with Gasteiger partial charge in [0.2, 0.25) is 0 Å². The van der Waals surface area contributed by atoms with Gasteiger partial charge in [-0.05, 0) is 44.2 Å². The van der Waals surface area contributed by atoms with Crippen molar-refractivity contribution in [3.63, 3.8) is 0 Å². The predicted octanol–water partition coefficient (Wildman–Crippen LogP) is 2.47. The van der Waals surface area contributed by atoms with Crippen LogP contribution < -0.4 is 0 Å². The summed E-state index contributed by atoms with van der Waals surface area (Å²) in [5, 5.41) is 10.8. The van der Waals surface area contributed by atoms with Crippen LogP contribution in [0.2, 0.25) is 0 Å². The molecule has 0 spiro atoms. The third-order valence-corrected chi connectivity index (χ3v) is 4.81. The lowest BCUT2D eigenvalue weighted by molar-refractivity contribution is -0.0521. The molecule has 2 aliphatic rings. The Morgan fingerprint density at radius 1 is 1.22 bits per heavy atom. The highest BCUT2D eigenvalue weighted by atomic mass is 16.3. The van der Waals surface area contributed by atoms with Crippen LogP contribution in [-0.2, 0) is 6.42 Å². The fourth-order valence-electron chi connectivity index (χ4n) is 3.60. The van der Waals surface area contributed by atoms with Crippen LogP contribution in [0.25, 0.3) is 0 Å². The quantitative estimate of drug-likeness (QED) is 0.881. The number of fused-ring (bicyclic) bond motifs is 2. The molecule has 98 valence electrons. The van der Waals surface area contributed by atoms with Gasteiger partial charge in [-0.2, -0.15) is 0 Å². The van der Waals surface area contributed by atoms with Gasteiger partial charge in [-0.1, -0.05) is 30.3 Å². The maximum absolute atomic E-state index is 10.8. The molecule has 2 aliphatic heterocycles. The van der Waals surface area contributed by atoms with Crippen LogP contribution in [0.3, 0.4) is 0 Å². The minimum atomic E-state index is -0.373. The van der Waals surface area contributed by atoms with Gasteiger partial charge < -0.3 is 10.0 Å². The summed E-state index contributed by atoms with van der Waals surface area (Å²) in [6.45, 7) is 3.42. The second-order valence-electron chi connectivity index (χ2n) is 5.98. The SMILES string of the molecule is OC1(CCCc2ccccc2)CCN2CCC1C2. The van der Waals surface area contributed by atoms with Gasteiger partial charge in [0, 0.05) is 19.0 Å². The van der Waals surface area contributed by atoms with Crippen molar-refractivity contribution in [2.24, 2.45) is 5.92 Å². The van der Waals surface area contributed by atoms with Crippen molar-refractivity contribution in [2.45, 2.75) is 37.7 Å². The second kappa shape index (κ2) is 5.02. The Labute approximate surface area is 110 Å². The van der Waals surface area contributed by atoms with Crippen molar-refractivity contribution in [2.75, 3.05) is 19.6 Å². The summed E-state index contributed by atoms with van der Waals surface area (Å²) in [5.41, 5.74) is 1.02. The first-order chi connectivity index (χ1) is 8.76. The van der Waals surface area contributed by atoms with Gasteiger partial charge in [0.15, 0.2) is 0 Å². The molecule has 0 radical (unpaired) electrons. The molecule has 0 saturated carbocycles. The van der Waals surface area contributed by atoms with E-state index in [1.165, 1.54) is 18.5 Å². The lowest BCUT2D eigenvalue weighted by atomic mass is 9.78. The molecule has 2 bridgehead atoms. The normalized spacial score (nSPS) is 34.7. The molecule has 0 amide bonds. The number of hydrogen-bond acceptors (Lipinski definition) is 2. The summed E-state index contributed by atoms with van der Waals surface area (Å²) >= 11 is 0. The van der Waals surface area contributed by atoms with Gasteiger partial charge >= 0.3 is 0 Å². The van der Waals surface area contributed by atoms with Crippen LogP contribution in [0.4, 0.5) is 0 Å². The molecule has 1 N–H and O–H groups in total. The van der Waals surface area contributed by atoms with E-state index in [1.54, 1.807) is 0 Å². The Kier molecular flexibility index (Phi) is 3.40. The fraction of sp³-hybridized carbons (Fsp3) is 0.625. The van der Waals surface area contributed by atoms with Crippen molar-refractivity contribution >= 4 is 0 Å². The van der Waals surface area contributed by atoms with E-state index in [0.29, 0.717) is 5.92 Å². The van der Waals surface area contributed by atoms with Gasteiger partial charge in [-0.3, -0.25) is 0 Å². The minimum Gasteiger partial charge on any atom is -0.390 e. The average molecular weight is 245 g/mol. The van der Waals surface area contributed by atoms with E-state index >= 15 is 0 Å². The second-order valence-corrected chi connectivity index (χ2v) is 5.98. The number of benzene rings is 1. The maximum Gasteiger partial charge on any atom is 0.0700 e. The number of piperidine rings is 1. The lowest BCUT2D eigenvalue weighted by Gasteiger charge is -2.39. The van der Waals surface area contributed by atoms with Crippen LogP contribution in [0.15, 0.2) is 30.3 Å². The van der Waals surface area contributed by atoms with Crippen molar-refractivity contribution in [1.82, 2.24) is 4.90 Å². The van der Waals surface area contributed by atoms with E-state index in [0.717, 1.165) is 38.8 Å². The third-order valence-electron chi connectivity index (χ3n) is 4.81. The van der Waals surface area contributed by atoms with E-state index < -0.39 is 0 Å². The number of hydrogen-bond donors (Lipinski definition) is 1. The first-order valence-electron chi connectivity index (χ1n) is 7.25. The largest absolute Gasteiger partial charge is 0.390 e. The Balaban J connectivity index is 1.53. The van der Waals surface area contributed by atoms with Crippen LogP contribution >= 0.6 is 0 Å². The van der Waals surface area contributed by atoms with E-state index in [1.807, 2.05) is 0 Å². The summed E-state index contributed by atoms with van der Waals surface area (Å²) in [6.07, 6.45) is 5.35. The number of rotatable bonds is 4. The van der Waals surface area contributed by atoms with Crippen molar-refractivity contribution in [3.8, 4) is 0 Å². The zero-order valence-corrected chi connectivity index (χ0v) is 11.0. The first kappa shape index (κ1) is 12.2. The molecule has 18 heavy (non-hydrogen) atoms. The third kappa shape index (κ3) is 2.45. The average Bonchev–Trinajstić information content (AvgIpc) is 2.82. The van der Waals surface area contributed by atoms with Crippen LogP contribution in [0.5, 0.6) is 0 Å². The highest BCUT2D eigenvalue weighted by Gasteiger charge is 2.44. The highest BCUT2D eigenvalue weighted by molar-refractivity contribution is 5.14. The van der Waals surface area contributed by atoms with Gasteiger partial charge in [-0.15, -0.1) is 0 Å². The molecule has 3 atom stereocenters. The first-order valence-corrected chi connectivity index (χ1v) is 7.25. The summed E-state index contributed by atoms with van der Waals surface area (Å²) in [6, 6.07) is 10.6.